The minimum Gasteiger partial charge on any atom is -0.316 e. The predicted molar refractivity (Wildman–Crippen MR) is 87.1 cm³/mol. The summed E-state index contributed by atoms with van der Waals surface area (Å²) in [5.41, 5.74) is 2.58. The van der Waals surface area contributed by atoms with Gasteiger partial charge in [-0.3, -0.25) is 0 Å². The van der Waals surface area contributed by atoms with Crippen LogP contribution >= 0.6 is 0 Å². The zero-order valence-corrected chi connectivity index (χ0v) is 12.7. The fraction of sp³-hybridized carbons (Fsp3) is 0.368. The minimum absolute atomic E-state index is 0.164. The van der Waals surface area contributed by atoms with Crippen molar-refractivity contribution < 1.29 is 4.39 Å². The van der Waals surface area contributed by atoms with Crippen LogP contribution in [0.15, 0.2) is 54.6 Å². The number of hydrogen-bond acceptors (Lipinski definition) is 1. The van der Waals surface area contributed by atoms with Gasteiger partial charge in [0.15, 0.2) is 0 Å². The Morgan fingerprint density at radius 2 is 1.71 bits per heavy atom. The lowest BCUT2D eigenvalue weighted by Crippen LogP contribution is -2.22. The van der Waals surface area contributed by atoms with Gasteiger partial charge < -0.3 is 5.32 Å². The highest BCUT2D eigenvalue weighted by Gasteiger charge is 2.11. The first kappa shape index (κ1) is 15.7. The highest BCUT2D eigenvalue weighted by atomic mass is 19.1. The Morgan fingerprint density at radius 3 is 2.38 bits per heavy atom. The van der Waals surface area contributed by atoms with E-state index in [1.54, 1.807) is 12.1 Å². The van der Waals surface area contributed by atoms with Crippen molar-refractivity contribution >= 4 is 0 Å². The molecule has 0 saturated heterocycles. The molecule has 0 aliphatic carbocycles. The summed E-state index contributed by atoms with van der Waals surface area (Å²) < 4.78 is 12.9. The predicted octanol–water partition coefficient (Wildman–Crippen LogP) is 4.54. The molecule has 2 aromatic carbocycles. The number of nitrogens with one attached hydrogen (secondary N) is 1. The Bertz CT molecular complexity index is 507. The van der Waals surface area contributed by atoms with Crippen LogP contribution in [0.1, 0.15) is 36.8 Å². The topological polar surface area (TPSA) is 12.0 Å². The van der Waals surface area contributed by atoms with Crippen molar-refractivity contribution in [1.29, 1.82) is 0 Å². The number of hydrogen-bond donors (Lipinski definition) is 1. The van der Waals surface area contributed by atoms with Gasteiger partial charge in [-0.05, 0) is 55.0 Å². The van der Waals surface area contributed by atoms with Gasteiger partial charge in [-0.25, -0.2) is 4.39 Å². The van der Waals surface area contributed by atoms with Crippen molar-refractivity contribution in [2.75, 3.05) is 13.1 Å². The van der Waals surface area contributed by atoms with Crippen LogP contribution in [0.5, 0.6) is 0 Å². The van der Waals surface area contributed by atoms with Crippen LogP contribution in [0.4, 0.5) is 4.39 Å². The van der Waals surface area contributed by atoms with E-state index in [1.165, 1.54) is 11.1 Å². The second kappa shape index (κ2) is 8.58. The molecule has 1 N–H and O–H groups in total. The Balaban J connectivity index is 1.96. The van der Waals surface area contributed by atoms with E-state index in [0.29, 0.717) is 5.92 Å². The standard InChI is InChI=1S/C19H24FN/c1-2-14-21-15-18(17-6-4-3-5-7-17)11-8-16-9-12-19(20)13-10-16/h3-7,9-10,12-13,18,21H,2,8,11,14-15H2,1H3. The maximum absolute atomic E-state index is 12.9. The number of halogens is 1. The van der Waals surface area contributed by atoms with Gasteiger partial charge in [0.2, 0.25) is 0 Å². The SMILES string of the molecule is CCCNCC(CCc1ccc(F)cc1)c1ccccc1. The van der Waals surface area contributed by atoms with Crippen molar-refractivity contribution in [3.63, 3.8) is 0 Å². The molecule has 0 aliphatic heterocycles. The van der Waals surface area contributed by atoms with Gasteiger partial charge in [-0.2, -0.15) is 0 Å². The molecule has 0 saturated carbocycles. The lowest BCUT2D eigenvalue weighted by molar-refractivity contribution is 0.548. The Kier molecular flexibility index (Phi) is 6.42. The molecule has 1 nitrogen and oxygen atoms in total. The highest BCUT2D eigenvalue weighted by molar-refractivity contribution is 5.21. The fourth-order valence-electron chi connectivity index (χ4n) is 2.56. The molecule has 1 atom stereocenters. The first-order valence-electron chi connectivity index (χ1n) is 7.79. The van der Waals surface area contributed by atoms with E-state index in [-0.39, 0.29) is 5.82 Å². The van der Waals surface area contributed by atoms with E-state index in [0.717, 1.165) is 32.4 Å². The first-order chi connectivity index (χ1) is 10.3. The quantitative estimate of drug-likeness (QED) is 0.702. The summed E-state index contributed by atoms with van der Waals surface area (Å²) in [7, 11) is 0. The second-order valence-electron chi connectivity index (χ2n) is 5.48. The van der Waals surface area contributed by atoms with Crippen LogP contribution in [0.2, 0.25) is 0 Å². The van der Waals surface area contributed by atoms with Crippen molar-refractivity contribution in [1.82, 2.24) is 5.32 Å². The van der Waals surface area contributed by atoms with E-state index < -0.39 is 0 Å². The van der Waals surface area contributed by atoms with Gasteiger partial charge in [0.05, 0.1) is 0 Å². The third-order valence-electron chi connectivity index (χ3n) is 3.78. The molecule has 2 heteroatoms. The molecule has 0 spiro atoms. The average Bonchev–Trinajstić information content (AvgIpc) is 2.53. The minimum atomic E-state index is -0.164. The van der Waals surface area contributed by atoms with Gasteiger partial charge >= 0.3 is 0 Å². The highest BCUT2D eigenvalue weighted by Crippen LogP contribution is 2.21. The monoisotopic (exact) mass is 285 g/mol. The smallest absolute Gasteiger partial charge is 0.123 e. The van der Waals surface area contributed by atoms with Gasteiger partial charge in [-0.1, -0.05) is 49.4 Å². The number of benzene rings is 2. The van der Waals surface area contributed by atoms with Crippen LogP contribution in [0.25, 0.3) is 0 Å². The van der Waals surface area contributed by atoms with Crippen LogP contribution in [0.3, 0.4) is 0 Å². The summed E-state index contributed by atoms with van der Waals surface area (Å²) in [6.45, 7) is 4.24. The van der Waals surface area contributed by atoms with Gasteiger partial charge in [0.1, 0.15) is 5.82 Å². The molecule has 112 valence electrons. The van der Waals surface area contributed by atoms with Crippen molar-refractivity contribution in [3.8, 4) is 0 Å². The number of aryl methyl sites for hydroxylation is 1. The number of rotatable bonds is 8. The molecule has 21 heavy (non-hydrogen) atoms. The zero-order valence-electron chi connectivity index (χ0n) is 12.7. The molecular weight excluding hydrogens is 261 g/mol. The summed E-state index contributed by atoms with van der Waals surface area (Å²) in [5, 5.41) is 3.52. The molecule has 2 rings (SSSR count). The molecule has 1 unspecified atom stereocenters. The van der Waals surface area contributed by atoms with Crippen molar-refractivity contribution in [2.45, 2.75) is 32.1 Å². The first-order valence-corrected chi connectivity index (χ1v) is 7.79. The van der Waals surface area contributed by atoms with E-state index in [9.17, 15) is 4.39 Å². The van der Waals surface area contributed by atoms with Gasteiger partial charge in [-0.15, -0.1) is 0 Å². The fourth-order valence-corrected chi connectivity index (χ4v) is 2.56. The van der Waals surface area contributed by atoms with E-state index >= 15 is 0 Å². The molecule has 0 amide bonds. The van der Waals surface area contributed by atoms with E-state index in [1.807, 2.05) is 12.1 Å². The molecule has 0 aromatic heterocycles. The maximum atomic E-state index is 12.9. The Labute approximate surface area is 127 Å². The molecule has 2 aromatic rings. The van der Waals surface area contributed by atoms with Gasteiger partial charge in [0, 0.05) is 6.54 Å². The van der Waals surface area contributed by atoms with Crippen molar-refractivity contribution in [3.05, 3.63) is 71.5 Å². The second-order valence-corrected chi connectivity index (χ2v) is 5.48. The largest absolute Gasteiger partial charge is 0.316 e. The van der Waals surface area contributed by atoms with Crippen LogP contribution in [-0.4, -0.2) is 13.1 Å². The van der Waals surface area contributed by atoms with E-state index in [2.05, 4.69) is 42.6 Å². The maximum Gasteiger partial charge on any atom is 0.123 e. The molecular formula is C19H24FN. The Morgan fingerprint density at radius 1 is 1.00 bits per heavy atom. The van der Waals surface area contributed by atoms with Gasteiger partial charge in [0.25, 0.3) is 0 Å². The summed E-state index contributed by atoms with van der Waals surface area (Å²) in [6, 6.07) is 17.5. The lowest BCUT2D eigenvalue weighted by Gasteiger charge is -2.18. The van der Waals surface area contributed by atoms with E-state index in [4.69, 9.17) is 0 Å². The normalized spacial score (nSPS) is 12.3. The molecule has 0 radical (unpaired) electrons. The summed E-state index contributed by atoms with van der Waals surface area (Å²) >= 11 is 0. The van der Waals surface area contributed by atoms with Crippen LogP contribution in [0, 0.1) is 5.82 Å². The van der Waals surface area contributed by atoms with Crippen LogP contribution in [-0.2, 0) is 6.42 Å². The third kappa shape index (κ3) is 5.31. The average molecular weight is 285 g/mol. The zero-order chi connectivity index (χ0) is 14.9. The van der Waals surface area contributed by atoms with Crippen molar-refractivity contribution in [2.24, 2.45) is 0 Å². The summed E-state index contributed by atoms with van der Waals surface area (Å²) in [4.78, 5) is 0. The van der Waals surface area contributed by atoms with Crippen LogP contribution < -0.4 is 5.32 Å². The summed E-state index contributed by atoms with van der Waals surface area (Å²) in [5.74, 6) is 0.339. The molecule has 0 bridgehead atoms. The molecule has 0 heterocycles. The summed E-state index contributed by atoms with van der Waals surface area (Å²) in [6.07, 6.45) is 3.21. The lowest BCUT2D eigenvalue weighted by atomic mass is 9.92. The third-order valence-corrected chi connectivity index (χ3v) is 3.78. The Hall–Kier alpha value is -1.67. The molecule has 0 fully saturated rings. The molecule has 0 aliphatic rings.